The largest absolute Gasteiger partial charge is 0.314 e. The molecule has 2 heteroatoms. The van der Waals surface area contributed by atoms with Gasteiger partial charge in [-0.1, -0.05) is 57.9 Å². The van der Waals surface area contributed by atoms with E-state index in [2.05, 4.69) is 55.3 Å². The lowest BCUT2D eigenvalue weighted by Gasteiger charge is -2.35. The van der Waals surface area contributed by atoms with Gasteiger partial charge in [-0.05, 0) is 23.5 Å². The summed E-state index contributed by atoms with van der Waals surface area (Å²) in [6.45, 7) is 11.4. The van der Waals surface area contributed by atoms with E-state index in [9.17, 15) is 0 Å². The summed E-state index contributed by atoms with van der Waals surface area (Å²) in [4.78, 5) is 2.66. The van der Waals surface area contributed by atoms with Crippen LogP contribution in [0.3, 0.4) is 0 Å². The third-order valence-corrected chi connectivity index (χ3v) is 4.41. The molecule has 0 aromatic heterocycles. The summed E-state index contributed by atoms with van der Waals surface area (Å²) in [5, 5.41) is 3.46. The Kier molecular flexibility index (Phi) is 6.06. The van der Waals surface area contributed by atoms with Gasteiger partial charge in [0.25, 0.3) is 0 Å². The molecule has 1 aliphatic rings. The van der Waals surface area contributed by atoms with Crippen LogP contribution in [-0.2, 0) is 0 Å². The number of piperazine rings is 1. The molecule has 0 aliphatic carbocycles. The Morgan fingerprint density at radius 3 is 2.20 bits per heavy atom. The first-order chi connectivity index (χ1) is 9.72. The highest BCUT2D eigenvalue weighted by Crippen LogP contribution is 2.28. The number of unbranched alkanes of at least 4 members (excludes halogenated alkanes) is 1. The van der Waals surface area contributed by atoms with Crippen molar-refractivity contribution in [2.45, 2.75) is 52.0 Å². The summed E-state index contributed by atoms with van der Waals surface area (Å²) in [5.74, 6) is 0.623. The van der Waals surface area contributed by atoms with Crippen LogP contribution >= 0.6 is 0 Å². The second-order valence-electron chi connectivity index (χ2n) is 6.27. The van der Waals surface area contributed by atoms with Gasteiger partial charge in [-0.2, -0.15) is 0 Å². The van der Waals surface area contributed by atoms with Gasteiger partial charge in [0.2, 0.25) is 0 Å². The molecule has 20 heavy (non-hydrogen) atoms. The van der Waals surface area contributed by atoms with Crippen LogP contribution in [0.25, 0.3) is 0 Å². The van der Waals surface area contributed by atoms with E-state index in [4.69, 9.17) is 0 Å². The van der Waals surface area contributed by atoms with Gasteiger partial charge in [0.15, 0.2) is 0 Å². The Morgan fingerprint density at radius 1 is 1.05 bits per heavy atom. The van der Waals surface area contributed by atoms with Crippen molar-refractivity contribution >= 4 is 0 Å². The zero-order chi connectivity index (χ0) is 14.4. The van der Waals surface area contributed by atoms with E-state index in [1.165, 1.54) is 43.5 Å². The van der Waals surface area contributed by atoms with Crippen LogP contribution in [0.2, 0.25) is 0 Å². The van der Waals surface area contributed by atoms with E-state index >= 15 is 0 Å². The fourth-order valence-electron chi connectivity index (χ4n) is 3.05. The molecular formula is C18H30N2. The number of nitrogens with zero attached hydrogens (tertiary/aromatic N) is 1. The van der Waals surface area contributed by atoms with Crippen molar-refractivity contribution in [3.05, 3.63) is 35.4 Å². The summed E-state index contributed by atoms with van der Waals surface area (Å²) in [5.41, 5.74) is 2.95. The van der Waals surface area contributed by atoms with Crippen molar-refractivity contribution in [1.82, 2.24) is 10.2 Å². The SMILES string of the molecule is CCCCC(c1ccc(C(C)C)cc1)N1CCNCC1. The minimum absolute atomic E-state index is 0.610. The molecule has 2 nitrogen and oxygen atoms in total. The van der Waals surface area contributed by atoms with Crippen LogP contribution in [-0.4, -0.2) is 31.1 Å². The zero-order valence-electron chi connectivity index (χ0n) is 13.4. The second-order valence-corrected chi connectivity index (χ2v) is 6.27. The van der Waals surface area contributed by atoms with Crippen molar-refractivity contribution in [2.75, 3.05) is 26.2 Å². The normalized spacial score (nSPS) is 18.4. The highest BCUT2D eigenvalue weighted by Gasteiger charge is 2.21. The first kappa shape index (κ1) is 15.5. The van der Waals surface area contributed by atoms with E-state index in [0.717, 1.165) is 13.1 Å². The molecule has 1 heterocycles. The Balaban J connectivity index is 2.11. The molecule has 2 rings (SSSR count). The van der Waals surface area contributed by atoms with Gasteiger partial charge in [0.05, 0.1) is 0 Å². The smallest absolute Gasteiger partial charge is 0.0349 e. The van der Waals surface area contributed by atoms with Crippen molar-refractivity contribution in [3.8, 4) is 0 Å². The average Bonchev–Trinajstić information content (AvgIpc) is 2.49. The lowest BCUT2D eigenvalue weighted by atomic mass is 9.95. The number of hydrogen-bond donors (Lipinski definition) is 1. The molecule has 1 aliphatic heterocycles. The molecule has 1 N–H and O–H groups in total. The van der Waals surface area contributed by atoms with E-state index in [-0.39, 0.29) is 0 Å². The van der Waals surface area contributed by atoms with Gasteiger partial charge in [0, 0.05) is 32.2 Å². The molecule has 1 aromatic rings. The molecule has 0 spiro atoms. The molecule has 1 atom stereocenters. The summed E-state index contributed by atoms with van der Waals surface area (Å²) < 4.78 is 0. The quantitative estimate of drug-likeness (QED) is 0.845. The first-order valence-electron chi connectivity index (χ1n) is 8.27. The van der Waals surface area contributed by atoms with Gasteiger partial charge in [-0.15, -0.1) is 0 Å². The molecule has 1 aromatic carbocycles. The van der Waals surface area contributed by atoms with Crippen LogP contribution in [0.1, 0.15) is 63.1 Å². The van der Waals surface area contributed by atoms with Crippen LogP contribution in [0.5, 0.6) is 0 Å². The maximum absolute atomic E-state index is 3.46. The summed E-state index contributed by atoms with van der Waals surface area (Å²) in [6.07, 6.45) is 3.89. The summed E-state index contributed by atoms with van der Waals surface area (Å²) in [6, 6.07) is 9.97. The molecular weight excluding hydrogens is 244 g/mol. The standard InChI is InChI=1S/C18H30N2/c1-4-5-6-18(20-13-11-19-12-14-20)17-9-7-16(8-10-17)15(2)3/h7-10,15,18-19H,4-6,11-14H2,1-3H3. The monoisotopic (exact) mass is 274 g/mol. The van der Waals surface area contributed by atoms with Gasteiger partial charge < -0.3 is 5.32 Å². The Hall–Kier alpha value is -0.860. The van der Waals surface area contributed by atoms with E-state index in [0.29, 0.717) is 12.0 Å². The van der Waals surface area contributed by atoms with Crippen molar-refractivity contribution < 1.29 is 0 Å². The Labute approximate surface area is 124 Å². The Morgan fingerprint density at radius 2 is 1.65 bits per heavy atom. The lowest BCUT2D eigenvalue weighted by Crippen LogP contribution is -2.45. The van der Waals surface area contributed by atoms with Gasteiger partial charge >= 0.3 is 0 Å². The average molecular weight is 274 g/mol. The highest BCUT2D eigenvalue weighted by atomic mass is 15.2. The Bertz CT molecular complexity index is 377. The predicted molar refractivity (Wildman–Crippen MR) is 87.2 cm³/mol. The van der Waals surface area contributed by atoms with E-state index in [1.807, 2.05) is 0 Å². The van der Waals surface area contributed by atoms with Crippen molar-refractivity contribution in [3.63, 3.8) is 0 Å². The van der Waals surface area contributed by atoms with Crippen LogP contribution in [0, 0.1) is 0 Å². The topological polar surface area (TPSA) is 15.3 Å². The molecule has 0 radical (unpaired) electrons. The molecule has 1 fully saturated rings. The predicted octanol–water partition coefficient (Wildman–Crippen LogP) is 3.95. The van der Waals surface area contributed by atoms with Crippen molar-refractivity contribution in [2.24, 2.45) is 0 Å². The summed E-state index contributed by atoms with van der Waals surface area (Å²) in [7, 11) is 0. The van der Waals surface area contributed by atoms with Gasteiger partial charge in [-0.3, -0.25) is 4.90 Å². The molecule has 0 bridgehead atoms. The molecule has 1 saturated heterocycles. The first-order valence-corrected chi connectivity index (χ1v) is 8.27. The third kappa shape index (κ3) is 4.07. The van der Waals surface area contributed by atoms with E-state index < -0.39 is 0 Å². The molecule has 112 valence electrons. The molecule has 1 unspecified atom stereocenters. The minimum atomic E-state index is 0.610. The fourth-order valence-corrected chi connectivity index (χ4v) is 3.05. The molecule has 0 amide bonds. The number of hydrogen-bond acceptors (Lipinski definition) is 2. The fraction of sp³-hybridized carbons (Fsp3) is 0.667. The third-order valence-electron chi connectivity index (χ3n) is 4.41. The number of rotatable bonds is 6. The maximum atomic E-state index is 3.46. The highest BCUT2D eigenvalue weighted by molar-refractivity contribution is 5.27. The van der Waals surface area contributed by atoms with Crippen LogP contribution < -0.4 is 5.32 Å². The van der Waals surface area contributed by atoms with Crippen molar-refractivity contribution in [1.29, 1.82) is 0 Å². The lowest BCUT2D eigenvalue weighted by molar-refractivity contribution is 0.163. The van der Waals surface area contributed by atoms with E-state index in [1.54, 1.807) is 0 Å². The zero-order valence-corrected chi connectivity index (χ0v) is 13.4. The maximum Gasteiger partial charge on any atom is 0.0349 e. The number of nitrogens with one attached hydrogen (secondary N) is 1. The van der Waals surface area contributed by atoms with Gasteiger partial charge in [-0.25, -0.2) is 0 Å². The number of benzene rings is 1. The van der Waals surface area contributed by atoms with Crippen LogP contribution in [0.4, 0.5) is 0 Å². The molecule has 0 saturated carbocycles. The van der Waals surface area contributed by atoms with Gasteiger partial charge in [0.1, 0.15) is 0 Å². The second kappa shape index (κ2) is 7.80. The summed E-state index contributed by atoms with van der Waals surface area (Å²) >= 11 is 0. The minimum Gasteiger partial charge on any atom is -0.314 e. The van der Waals surface area contributed by atoms with Crippen LogP contribution in [0.15, 0.2) is 24.3 Å².